The molecule has 0 saturated carbocycles. The van der Waals surface area contributed by atoms with E-state index in [2.05, 4.69) is 5.32 Å². The van der Waals surface area contributed by atoms with Crippen molar-refractivity contribution in [3.8, 4) is 16.9 Å². The number of anilines is 1. The monoisotopic (exact) mass is 558 g/mol. The second-order valence-corrected chi connectivity index (χ2v) is 11.6. The Morgan fingerprint density at radius 1 is 1.05 bits per heavy atom. The molecule has 0 unspecified atom stereocenters. The largest absolute Gasteiger partial charge is 0.354 e. The molecule has 5 rings (SSSR count). The number of nitrogens with one attached hydrogen (secondary N) is 1. The van der Waals surface area contributed by atoms with Crippen molar-refractivity contribution in [1.82, 2.24) is 15.1 Å². The first-order valence-corrected chi connectivity index (χ1v) is 14.4. The number of carbonyl (C=O) groups excluding carboxylic acids is 2. The summed E-state index contributed by atoms with van der Waals surface area (Å²) >= 11 is 8.25. The molecule has 39 heavy (non-hydrogen) atoms. The smallest absolute Gasteiger partial charge is 0.240 e. The minimum absolute atomic E-state index is 0.0971. The van der Waals surface area contributed by atoms with E-state index >= 15 is 0 Å². The number of benzene rings is 3. The SMILES string of the molecule is Cc1ccc(-n2nc(-c3ccccc3)c3c2N(CC(=O)NCC(C)C)C(=O)CS[C@H]3c2ccccc2Cl)cc1. The topological polar surface area (TPSA) is 67.2 Å². The van der Waals surface area contributed by atoms with Crippen molar-refractivity contribution in [2.75, 3.05) is 23.7 Å². The van der Waals surface area contributed by atoms with E-state index in [0.717, 1.165) is 33.6 Å². The quantitative estimate of drug-likeness (QED) is 0.283. The molecule has 0 saturated heterocycles. The Morgan fingerprint density at radius 3 is 2.44 bits per heavy atom. The average molecular weight is 559 g/mol. The molecule has 0 aliphatic carbocycles. The summed E-state index contributed by atoms with van der Waals surface area (Å²) in [6.07, 6.45) is 0. The Bertz CT molecular complexity index is 1480. The molecular formula is C31H31ClN4O2S. The number of halogens is 1. The fraction of sp³-hybridized carbons (Fsp3) is 0.258. The molecule has 0 spiro atoms. The molecule has 1 aliphatic rings. The number of thioether (sulfide) groups is 1. The number of nitrogens with zero attached hydrogens (tertiary/aromatic N) is 3. The Morgan fingerprint density at radius 2 is 1.74 bits per heavy atom. The summed E-state index contributed by atoms with van der Waals surface area (Å²) in [6, 6.07) is 25.7. The lowest BCUT2D eigenvalue weighted by Gasteiger charge is -2.23. The summed E-state index contributed by atoms with van der Waals surface area (Å²) in [5.41, 5.74) is 5.38. The van der Waals surface area contributed by atoms with E-state index in [1.807, 2.05) is 99.6 Å². The Kier molecular flexibility index (Phi) is 8.10. The molecule has 2 amide bonds. The van der Waals surface area contributed by atoms with Crippen LogP contribution in [0.3, 0.4) is 0 Å². The van der Waals surface area contributed by atoms with Crippen molar-refractivity contribution in [3.63, 3.8) is 0 Å². The summed E-state index contributed by atoms with van der Waals surface area (Å²) in [6.45, 7) is 6.55. The number of carbonyl (C=O) groups is 2. The minimum atomic E-state index is -0.268. The van der Waals surface area contributed by atoms with Gasteiger partial charge in [0.15, 0.2) is 0 Å². The van der Waals surface area contributed by atoms with Crippen molar-refractivity contribution < 1.29 is 9.59 Å². The number of aromatic nitrogens is 2. The van der Waals surface area contributed by atoms with Gasteiger partial charge < -0.3 is 5.32 Å². The predicted octanol–water partition coefficient (Wildman–Crippen LogP) is 6.44. The van der Waals surface area contributed by atoms with Gasteiger partial charge in [0.2, 0.25) is 11.8 Å². The number of aryl methyl sites for hydroxylation is 1. The second-order valence-electron chi connectivity index (χ2n) is 10.1. The molecular weight excluding hydrogens is 528 g/mol. The van der Waals surface area contributed by atoms with E-state index in [9.17, 15) is 9.59 Å². The van der Waals surface area contributed by atoms with Gasteiger partial charge in [-0.2, -0.15) is 5.10 Å². The van der Waals surface area contributed by atoms with Crippen LogP contribution in [0.4, 0.5) is 5.82 Å². The summed E-state index contributed by atoms with van der Waals surface area (Å²) in [7, 11) is 0. The second kappa shape index (κ2) is 11.7. The zero-order valence-electron chi connectivity index (χ0n) is 22.2. The maximum Gasteiger partial charge on any atom is 0.240 e. The van der Waals surface area contributed by atoms with Crippen LogP contribution in [-0.2, 0) is 9.59 Å². The average Bonchev–Trinajstić information content (AvgIpc) is 3.26. The number of amides is 2. The lowest BCUT2D eigenvalue weighted by molar-refractivity contribution is -0.123. The zero-order valence-corrected chi connectivity index (χ0v) is 23.8. The number of hydrogen-bond donors (Lipinski definition) is 1. The summed E-state index contributed by atoms with van der Waals surface area (Å²) in [5.74, 6) is 0.736. The standard InChI is InChI=1S/C31H31ClN4O2S/c1-20(2)17-33-26(37)18-35-27(38)19-39-30(24-11-7-8-12-25(24)32)28-29(22-9-5-4-6-10-22)34-36(31(28)35)23-15-13-21(3)14-16-23/h4-16,20,30H,17-19H2,1-3H3,(H,33,37)/t30-/m0/s1. The molecule has 1 aliphatic heterocycles. The molecule has 4 aromatic rings. The molecule has 6 nitrogen and oxygen atoms in total. The maximum absolute atomic E-state index is 13.7. The Balaban J connectivity index is 1.77. The van der Waals surface area contributed by atoms with Crippen molar-refractivity contribution in [1.29, 1.82) is 0 Å². The van der Waals surface area contributed by atoms with Gasteiger partial charge in [-0.05, 0) is 36.6 Å². The molecule has 3 aromatic carbocycles. The third kappa shape index (κ3) is 5.75. The molecule has 1 atom stereocenters. The maximum atomic E-state index is 13.7. The van der Waals surface area contributed by atoms with Gasteiger partial charge in [-0.25, -0.2) is 4.68 Å². The molecule has 1 N–H and O–H groups in total. The van der Waals surface area contributed by atoms with E-state index in [1.54, 1.807) is 9.58 Å². The van der Waals surface area contributed by atoms with Crippen molar-refractivity contribution >= 4 is 41.0 Å². The fourth-order valence-electron chi connectivity index (χ4n) is 4.65. The highest BCUT2D eigenvalue weighted by atomic mass is 35.5. The lowest BCUT2D eigenvalue weighted by Crippen LogP contribution is -2.43. The fourth-order valence-corrected chi connectivity index (χ4v) is 6.19. The van der Waals surface area contributed by atoms with Gasteiger partial charge in [0.1, 0.15) is 12.4 Å². The first-order valence-electron chi connectivity index (χ1n) is 13.0. The van der Waals surface area contributed by atoms with Crippen LogP contribution >= 0.6 is 23.4 Å². The van der Waals surface area contributed by atoms with Crippen LogP contribution in [0.1, 0.15) is 35.8 Å². The zero-order chi connectivity index (χ0) is 27.5. The molecule has 8 heteroatoms. The third-order valence-corrected chi connectivity index (χ3v) is 8.19. The van der Waals surface area contributed by atoms with Gasteiger partial charge >= 0.3 is 0 Å². The van der Waals surface area contributed by atoms with Crippen LogP contribution in [0.25, 0.3) is 16.9 Å². The highest BCUT2D eigenvalue weighted by Crippen LogP contribution is 2.49. The molecule has 2 heterocycles. The molecule has 0 fully saturated rings. The Hall–Kier alpha value is -3.55. The normalized spacial score (nSPS) is 15.3. The van der Waals surface area contributed by atoms with Gasteiger partial charge in [-0.3, -0.25) is 14.5 Å². The van der Waals surface area contributed by atoms with Crippen LogP contribution in [0.2, 0.25) is 5.02 Å². The van der Waals surface area contributed by atoms with Gasteiger partial charge in [0.05, 0.1) is 22.4 Å². The van der Waals surface area contributed by atoms with E-state index in [4.69, 9.17) is 16.7 Å². The van der Waals surface area contributed by atoms with Crippen molar-refractivity contribution in [3.05, 3.63) is 101 Å². The van der Waals surface area contributed by atoms with Gasteiger partial charge in [0.25, 0.3) is 0 Å². The van der Waals surface area contributed by atoms with Crippen LogP contribution in [-0.4, -0.2) is 40.4 Å². The summed E-state index contributed by atoms with van der Waals surface area (Å²) in [5, 5.41) is 8.43. The highest BCUT2D eigenvalue weighted by Gasteiger charge is 2.38. The number of fused-ring (bicyclic) bond motifs is 1. The van der Waals surface area contributed by atoms with Gasteiger partial charge in [-0.15, -0.1) is 11.8 Å². The Labute approximate surface area is 238 Å². The first-order chi connectivity index (χ1) is 18.8. The van der Waals surface area contributed by atoms with E-state index in [-0.39, 0.29) is 29.4 Å². The van der Waals surface area contributed by atoms with Crippen molar-refractivity contribution in [2.45, 2.75) is 26.0 Å². The van der Waals surface area contributed by atoms with E-state index < -0.39 is 0 Å². The highest BCUT2D eigenvalue weighted by molar-refractivity contribution is 8.00. The summed E-state index contributed by atoms with van der Waals surface area (Å²) < 4.78 is 1.81. The first kappa shape index (κ1) is 27.0. The van der Waals surface area contributed by atoms with Gasteiger partial charge in [0, 0.05) is 22.7 Å². The van der Waals surface area contributed by atoms with Gasteiger partial charge in [-0.1, -0.05) is 91.7 Å². The van der Waals surface area contributed by atoms with E-state index in [0.29, 0.717) is 23.3 Å². The van der Waals surface area contributed by atoms with Crippen molar-refractivity contribution in [2.24, 2.45) is 5.92 Å². The van der Waals surface area contributed by atoms with Crippen LogP contribution in [0, 0.1) is 12.8 Å². The van der Waals surface area contributed by atoms with E-state index in [1.165, 1.54) is 11.8 Å². The minimum Gasteiger partial charge on any atom is -0.354 e. The van der Waals surface area contributed by atoms with Crippen LogP contribution in [0.5, 0.6) is 0 Å². The number of hydrogen-bond acceptors (Lipinski definition) is 4. The molecule has 1 aromatic heterocycles. The molecule has 0 bridgehead atoms. The molecule has 200 valence electrons. The van der Waals surface area contributed by atoms with Crippen LogP contribution in [0.15, 0.2) is 78.9 Å². The molecule has 0 radical (unpaired) electrons. The summed E-state index contributed by atoms with van der Waals surface area (Å²) in [4.78, 5) is 28.4. The van der Waals surface area contributed by atoms with Crippen LogP contribution < -0.4 is 10.2 Å². The number of rotatable bonds is 7. The predicted molar refractivity (Wildman–Crippen MR) is 160 cm³/mol. The lowest BCUT2D eigenvalue weighted by atomic mass is 9.99. The third-order valence-electron chi connectivity index (χ3n) is 6.61.